The van der Waals surface area contributed by atoms with Crippen LogP contribution >= 0.6 is 15.9 Å². The number of carbonyl (C=O) groups is 1. The molecule has 1 fully saturated rings. The molecule has 0 aromatic heterocycles. The molecular formula is C17H24BrNO2. The number of hydrogen-bond acceptors (Lipinski definition) is 2. The third kappa shape index (κ3) is 5.03. The largest absolute Gasteiger partial charge is 0.493 e. The number of aryl methyl sites for hydroxylation is 1. The van der Waals surface area contributed by atoms with Crippen molar-refractivity contribution >= 4 is 21.8 Å². The van der Waals surface area contributed by atoms with Gasteiger partial charge in [-0.15, -0.1) is 0 Å². The van der Waals surface area contributed by atoms with Crippen LogP contribution in [0.5, 0.6) is 5.75 Å². The van der Waals surface area contributed by atoms with E-state index in [0.29, 0.717) is 23.8 Å². The first-order valence-electron chi connectivity index (χ1n) is 7.67. The summed E-state index contributed by atoms with van der Waals surface area (Å²) in [6, 6.07) is 7.93. The van der Waals surface area contributed by atoms with Gasteiger partial charge in [0.15, 0.2) is 0 Å². The summed E-state index contributed by atoms with van der Waals surface area (Å²) >= 11 is 3.64. The van der Waals surface area contributed by atoms with Crippen molar-refractivity contribution < 1.29 is 9.53 Å². The van der Waals surface area contributed by atoms with Gasteiger partial charge in [0, 0.05) is 17.9 Å². The van der Waals surface area contributed by atoms with Crippen molar-refractivity contribution in [3.63, 3.8) is 0 Å². The van der Waals surface area contributed by atoms with Crippen LogP contribution in [0.4, 0.5) is 0 Å². The standard InChI is InChI=1S/C17H24BrNO2/c1-13-4-3-5-16(12-13)21-11-8-17(20)19-9-6-15(7-10-19)14(2)18/h3-5,12,14-15H,6-11H2,1-2H3. The fraction of sp³-hybridized carbons (Fsp3) is 0.588. The van der Waals surface area contributed by atoms with E-state index in [-0.39, 0.29) is 5.91 Å². The Balaban J connectivity index is 1.71. The van der Waals surface area contributed by atoms with Crippen LogP contribution < -0.4 is 4.74 Å². The quantitative estimate of drug-likeness (QED) is 0.753. The summed E-state index contributed by atoms with van der Waals surface area (Å²) in [6.45, 7) is 6.44. The molecule has 1 amide bonds. The first-order valence-corrected chi connectivity index (χ1v) is 8.59. The molecule has 1 heterocycles. The van der Waals surface area contributed by atoms with E-state index in [4.69, 9.17) is 4.74 Å². The fourth-order valence-corrected chi connectivity index (χ4v) is 3.26. The maximum absolute atomic E-state index is 12.2. The molecule has 0 aliphatic carbocycles. The predicted molar refractivity (Wildman–Crippen MR) is 89.0 cm³/mol. The molecule has 0 bridgehead atoms. The molecule has 0 spiro atoms. The van der Waals surface area contributed by atoms with Crippen LogP contribution in [-0.2, 0) is 4.79 Å². The third-order valence-corrected chi connectivity index (χ3v) is 4.86. The highest BCUT2D eigenvalue weighted by Crippen LogP contribution is 2.25. The van der Waals surface area contributed by atoms with Gasteiger partial charge in [-0.05, 0) is 43.4 Å². The Bertz CT molecular complexity index is 468. The molecule has 1 aromatic carbocycles. The maximum Gasteiger partial charge on any atom is 0.225 e. The Morgan fingerprint density at radius 1 is 1.43 bits per heavy atom. The first-order chi connectivity index (χ1) is 10.1. The number of piperidine rings is 1. The van der Waals surface area contributed by atoms with Crippen LogP contribution in [0.2, 0.25) is 0 Å². The van der Waals surface area contributed by atoms with Crippen molar-refractivity contribution in [2.24, 2.45) is 5.92 Å². The number of halogens is 1. The van der Waals surface area contributed by atoms with E-state index >= 15 is 0 Å². The summed E-state index contributed by atoms with van der Waals surface area (Å²) in [4.78, 5) is 14.7. The number of alkyl halides is 1. The SMILES string of the molecule is Cc1cccc(OCCC(=O)N2CCC(C(C)Br)CC2)c1. The van der Waals surface area contributed by atoms with Crippen molar-refractivity contribution in [1.29, 1.82) is 0 Å². The molecule has 21 heavy (non-hydrogen) atoms. The van der Waals surface area contributed by atoms with E-state index < -0.39 is 0 Å². The Hall–Kier alpha value is -1.03. The zero-order valence-electron chi connectivity index (χ0n) is 12.8. The molecule has 4 heteroatoms. The minimum Gasteiger partial charge on any atom is -0.493 e. The van der Waals surface area contributed by atoms with E-state index in [2.05, 4.69) is 22.9 Å². The average Bonchev–Trinajstić information content (AvgIpc) is 2.47. The van der Waals surface area contributed by atoms with Crippen LogP contribution in [0.25, 0.3) is 0 Å². The van der Waals surface area contributed by atoms with Gasteiger partial charge in [0.25, 0.3) is 0 Å². The van der Waals surface area contributed by atoms with Gasteiger partial charge in [0.1, 0.15) is 5.75 Å². The van der Waals surface area contributed by atoms with Gasteiger partial charge in [-0.2, -0.15) is 0 Å². The summed E-state index contributed by atoms with van der Waals surface area (Å²) in [6.07, 6.45) is 2.65. The normalized spacial score (nSPS) is 17.6. The molecule has 0 radical (unpaired) electrons. The molecule has 1 unspecified atom stereocenters. The molecule has 1 saturated heterocycles. The molecule has 1 atom stereocenters. The highest BCUT2D eigenvalue weighted by atomic mass is 79.9. The summed E-state index contributed by atoms with van der Waals surface area (Å²) in [5.74, 6) is 1.75. The zero-order chi connectivity index (χ0) is 15.2. The lowest BCUT2D eigenvalue weighted by atomic mass is 9.94. The lowest BCUT2D eigenvalue weighted by Crippen LogP contribution is -2.40. The summed E-state index contributed by atoms with van der Waals surface area (Å²) in [7, 11) is 0. The molecule has 3 nitrogen and oxygen atoms in total. The van der Waals surface area contributed by atoms with Crippen molar-refractivity contribution in [3.05, 3.63) is 29.8 Å². The minimum atomic E-state index is 0.211. The third-order valence-electron chi connectivity index (χ3n) is 4.12. The van der Waals surface area contributed by atoms with Crippen molar-refractivity contribution in [1.82, 2.24) is 4.90 Å². The number of ether oxygens (including phenoxy) is 1. The predicted octanol–water partition coefficient (Wildman–Crippen LogP) is 3.79. The first kappa shape index (κ1) is 16.3. The second-order valence-corrected chi connectivity index (χ2v) is 7.26. The highest BCUT2D eigenvalue weighted by Gasteiger charge is 2.24. The number of rotatable bonds is 5. The Morgan fingerprint density at radius 3 is 2.76 bits per heavy atom. The maximum atomic E-state index is 12.2. The minimum absolute atomic E-state index is 0.211. The van der Waals surface area contributed by atoms with Crippen LogP contribution in [0.15, 0.2) is 24.3 Å². The van der Waals surface area contributed by atoms with Gasteiger partial charge in [0.05, 0.1) is 13.0 Å². The van der Waals surface area contributed by atoms with Crippen molar-refractivity contribution in [3.8, 4) is 5.75 Å². The number of nitrogens with zero attached hydrogens (tertiary/aromatic N) is 1. The highest BCUT2D eigenvalue weighted by molar-refractivity contribution is 9.09. The summed E-state index contributed by atoms with van der Waals surface area (Å²) in [5.41, 5.74) is 1.17. The van der Waals surface area contributed by atoms with E-state index in [1.807, 2.05) is 36.1 Å². The molecule has 116 valence electrons. The van der Waals surface area contributed by atoms with E-state index in [1.165, 1.54) is 5.56 Å². The lowest BCUT2D eigenvalue weighted by Gasteiger charge is -2.33. The van der Waals surface area contributed by atoms with Gasteiger partial charge < -0.3 is 9.64 Å². The number of carbonyl (C=O) groups excluding carboxylic acids is 1. The Kier molecular flexibility index (Phi) is 6.09. The monoisotopic (exact) mass is 353 g/mol. The van der Waals surface area contributed by atoms with E-state index in [1.54, 1.807) is 0 Å². The number of hydrogen-bond donors (Lipinski definition) is 0. The van der Waals surface area contributed by atoms with Gasteiger partial charge in [0.2, 0.25) is 5.91 Å². The van der Waals surface area contributed by atoms with Crippen LogP contribution in [0.3, 0.4) is 0 Å². The van der Waals surface area contributed by atoms with Crippen molar-refractivity contribution in [2.75, 3.05) is 19.7 Å². The molecular weight excluding hydrogens is 330 g/mol. The van der Waals surface area contributed by atoms with Gasteiger partial charge in [-0.3, -0.25) is 4.79 Å². The van der Waals surface area contributed by atoms with Crippen LogP contribution in [0.1, 0.15) is 31.7 Å². The smallest absolute Gasteiger partial charge is 0.225 e. The van der Waals surface area contributed by atoms with Gasteiger partial charge >= 0.3 is 0 Å². The van der Waals surface area contributed by atoms with Gasteiger partial charge in [-0.1, -0.05) is 35.0 Å². The molecule has 2 rings (SSSR count). The Labute approximate surface area is 135 Å². The Morgan fingerprint density at radius 2 is 2.14 bits per heavy atom. The number of amides is 1. The molecule has 1 aromatic rings. The average molecular weight is 354 g/mol. The lowest BCUT2D eigenvalue weighted by molar-refractivity contribution is -0.133. The van der Waals surface area contributed by atoms with E-state index in [0.717, 1.165) is 31.7 Å². The fourth-order valence-electron chi connectivity index (χ4n) is 2.73. The topological polar surface area (TPSA) is 29.5 Å². The summed E-state index contributed by atoms with van der Waals surface area (Å²) < 4.78 is 5.65. The van der Waals surface area contributed by atoms with Crippen LogP contribution in [0, 0.1) is 12.8 Å². The summed E-state index contributed by atoms with van der Waals surface area (Å²) in [5, 5.41) is 0. The number of likely N-dealkylation sites (tertiary alicyclic amines) is 1. The molecule has 1 aliphatic rings. The van der Waals surface area contributed by atoms with Crippen LogP contribution in [-0.4, -0.2) is 35.3 Å². The second-order valence-electron chi connectivity index (χ2n) is 5.81. The molecule has 0 N–H and O–H groups in total. The molecule has 1 aliphatic heterocycles. The van der Waals surface area contributed by atoms with E-state index in [9.17, 15) is 4.79 Å². The number of benzene rings is 1. The zero-order valence-corrected chi connectivity index (χ0v) is 14.4. The molecule has 0 saturated carbocycles. The second kappa shape index (κ2) is 7.83. The van der Waals surface area contributed by atoms with Crippen molar-refractivity contribution in [2.45, 2.75) is 37.9 Å². The van der Waals surface area contributed by atoms with Gasteiger partial charge in [-0.25, -0.2) is 0 Å².